The smallest absolute Gasteiger partial charge is 0.322 e. The van der Waals surface area contributed by atoms with E-state index in [0.29, 0.717) is 35.6 Å². The van der Waals surface area contributed by atoms with Crippen molar-refractivity contribution in [2.45, 2.75) is 51.0 Å². The molecule has 4 N–H and O–H groups in total. The van der Waals surface area contributed by atoms with Gasteiger partial charge in [0, 0.05) is 11.3 Å². The quantitative estimate of drug-likeness (QED) is 0.386. The zero-order chi connectivity index (χ0) is 24.6. The molecule has 1 fully saturated rings. The van der Waals surface area contributed by atoms with Gasteiger partial charge in [0.2, 0.25) is 10.0 Å². The van der Waals surface area contributed by atoms with Crippen molar-refractivity contribution in [3.05, 3.63) is 65.2 Å². The summed E-state index contributed by atoms with van der Waals surface area (Å²) in [7, 11) is -3.67. The fourth-order valence-corrected chi connectivity index (χ4v) is 5.45. The lowest BCUT2D eigenvalue weighted by Gasteiger charge is -2.23. The third kappa shape index (κ3) is 7.65. The van der Waals surface area contributed by atoms with E-state index in [1.54, 1.807) is 30.3 Å². The van der Waals surface area contributed by atoms with Gasteiger partial charge in [0.15, 0.2) is 0 Å². The van der Waals surface area contributed by atoms with Crippen LogP contribution in [0.25, 0.3) is 0 Å². The van der Waals surface area contributed by atoms with E-state index < -0.39 is 22.0 Å². The molecule has 0 bridgehead atoms. The van der Waals surface area contributed by atoms with E-state index in [2.05, 4.69) is 21.4 Å². The number of carbonyl (C=O) groups is 2. The van der Waals surface area contributed by atoms with Crippen LogP contribution in [-0.2, 0) is 21.2 Å². The predicted octanol–water partition coefficient (Wildman–Crippen LogP) is 3.12. The first kappa shape index (κ1) is 25.9. The summed E-state index contributed by atoms with van der Waals surface area (Å²) >= 11 is 0. The Bertz CT molecular complexity index is 1080. The summed E-state index contributed by atoms with van der Waals surface area (Å²) in [5.41, 5.74) is 2.99. The zero-order valence-electron chi connectivity index (χ0n) is 19.4. The van der Waals surface area contributed by atoms with Crippen LogP contribution in [-0.4, -0.2) is 50.3 Å². The molecule has 9 heteroatoms. The van der Waals surface area contributed by atoms with Crippen LogP contribution in [0.1, 0.15) is 60.0 Å². The van der Waals surface area contributed by atoms with Crippen molar-refractivity contribution in [2.75, 3.05) is 24.2 Å². The van der Waals surface area contributed by atoms with Gasteiger partial charge < -0.3 is 15.7 Å². The van der Waals surface area contributed by atoms with Gasteiger partial charge in [0.1, 0.15) is 6.04 Å². The lowest BCUT2D eigenvalue weighted by molar-refractivity contribution is -0.138. The number of nitrogens with one attached hydrogen (secondary N) is 3. The molecule has 0 aliphatic carbocycles. The number of aliphatic carboxylic acids is 1. The van der Waals surface area contributed by atoms with Gasteiger partial charge >= 0.3 is 5.97 Å². The van der Waals surface area contributed by atoms with Crippen molar-refractivity contribution in [3.63, 3.8) is 0 Å². The van der Waals surface area contributed by atoms with Crippen LogP contribution in [0.2, 0.25) is 0 Å². The van der Waals surface area contributed by atoms with Crippen LogP contribution < -0.4 is 15.4 Å². The fourth-order valence-electron chi connectivity index (χ4n) is 4.04. The molecule has 1 atom stereocenters. The summed E-state index contributed by atoms with van der Waals surface area (Å²) in [5, 5.41) is 15.7. The largest absolute Gasteiger partial charge is 0.480 e. The summed E-state index contributed by atoms with van der Waals surface area (Å²) in [6.07, 6.45) is 3.29. The molecule has 1 aliphatic rings. The van der Waals surface area contributed by atoms with Gasteiger partial charge in [-0.1, -0.05) is 37.6 Å². The molecule has 184 valence electrons. The second-order valence-electron chi connectivity index (χ2n) is 8.69. The number of sulfonamides is 1. The van der Waals surface area contributed by atoms with E-state index in [0.717, 1.165) is 25.9 Å². The molecular formula is C25H33N3O5S. The van der Waals surface area contributed by atoms with Crippen LogP contribution in [0.5, 0.6) is 0 Å². The normalized spacial score (nSPS) is 15.6. The van der Waals surface area contributed by atoms with Gasteiger partial charge in [-0.05, 0) is 80.1 Å². The number of unbranched alkanes of at least 4 members (excludes halogenated alkanes) is 1. The first-order valence-corrected chi connectivity index (χ1v) is 13.4. The Balaban J connectivity index is 1.61. The molecule has 3 rings (SSSR count). The molecule has 0 aromatic heterocycles. The molecule has 2 aromatic rings. The lowest BCUT2D eigenvalue weighted by atomic mass is 9.89. The SMILES string of the molecule is CCCCS(=O)(=O)NC(Cc1ccc(NC(=O)c2cccc(C3CCNCC3)c2)cc1)C(=O)O. The summed E-state index contributed by atoms with van der Waals surface area (Å²) in [4.78, 5) is 24.3. The van der Waals surface area contributed by atoms with Crippen LogP contribution >= 0.6 is 0 Å². The number of anilines is 1. The van der Waals surface area contributed by atoms with Crippen LogP contribution in [0, 0.1) is 0 Å². The number of carbonyl (C=O) groups excluding carboxylic acids is 1. The van der Waals surface area contributed by atoms with Crippen molar-refractivity contribution < 1.29 is 23.1 Å². The third-order valence-electron chi connectivity index (χ3n) is 6.00. The highest BCUT2D eigenvalue weighted by atomic mass is 32.2. The van der Waals surface area contributed by atoms with Crippen molar-refractivity contribution in [2.24, 2.45) is 0 Å². The van der Waals surface area contributed by atoms with Gasteiger partial charge in [0.05, 0.1) is 5.75 Å². The van der Waals surface area contributed by atoms with Gasteiger partial charge in [-0.2, -0.15) is 0 Å². The van der Waals surface area contributed by atoms with E-state index >= 15 is 0 Å². The van der Waals surface area contributed by atoms with Crippen molar-refractivity contribution in [1.29, 1.82) is 0 Å². The molecule has 2 aromatic carbocycles. The third-order valence-corrected chi connectivity index (χ3v) is 7.47. The summed E-state index contributed by atoms with van der Waals surface area (Å²) in [6.45, 7) is 3.84. The minimum atomic E-state index is -3.67. The Morgan fingerprint density at radius 1 is 1.12 bits per heavy atom. The summed E-state index contributed by atoms with van der Waals surface area (Å²) in [6, 6.07) is 13.2. The number of amides is 1. The van der Waals surface area contributed by atoms with Gasteiger partial charge in [-0.15, -0.1) is 0 Å². The average molecular weight is 488 g/mol. The van der Waals surface area contributed by atoms with Gasteiger partial charge in [-0.3, -0.25) is 9.59 Å². The molecule has 34 heavy (non-hydrogen) atoms. The van der Waals surface area contributed by atoms with Gasteiger partial charge in [0.25, 0.3) is 5.91 Å². The number of carboxylic acids is 1. The highest BCUT2D eigenvalue weighted by Crippen LogP contribution is 2.26. The molecule has 0 spiro atoms. The van der Waals surface area contributed by atoms with E-state index in [1.165, 1.54) is 5.56 Å². The zero-order valence-corrected chi connectivity index (χ0v) is 20.2. The molecule has 1 saturated heterocycles. The Morgan fingerprint density at radius 3 is 2.47 bits per heavy atom. The monoisotopic (exact) mass is 487 g/mol. The summed E-state index contributed by atoms with van der Waals surface area (Å²) in [5.74, 6) is -1.09. The van der Waals surface area contributed by atoms with Crippen molar-refractivity contribution in [1.82, 2.24) is 10.0 Å². The van der Waals surface area contributed by atoms with E-state index in [1.807, 2.05) is 19.1 Å². The average Bonchev–Trinajstić information content (AvgIpc) is 2.84. The number of piperidine rings is 1. The molecule has 1 heterocycles. The minimum absolute atomic E-state index is 0.00715. The second-order valence-corrected chi connectivity index (χ2v) is 10.6. The van der Waals surface area contributed by atoms with Crippen LogP contribution in [0.4, 0.5) is 5.69 Å². The number of hydrogen-bond acceptors (Lipinski definition) is 5. The fraction of sp³-hybridized carbons (Fsp3) is 0.440. The van der Waals surface area contributed by atoms with Crippen molar-refractivity contribution >= 4 is 27.6 Å². The lowest BCUT2D eigenvalue weighted by Crippen LogP contribution is -2.43. The molecule has 1 unspecified atom stereocenters. The summed E-state index contributed by atoms with van der Waals surface area (Å²) < 4.78 is 26.5. The highest BCUT2D eigenvalue weighted by Gasteiger charge is 2.24. The first-order valence-electron chi connectivity index (χ1n) is 11.7. The standard InChI is InChI=1S/C25H33N3O5S/c1-2-3-15-34(32,33)28-23(25(30)31)16-18-7-9-22(10-8-18)27-24(29)21-6-4-5-20(17-21)19-11-13-26-14-12-19/h4-10,17,19,23,26,28H,2-3,11-16H2,1H3,(H,27,29)(H,30,31). The Morgan fingerprint density at radius 2 is 1.82 bits per heavy atom. The predicted molar refractivity (Wildman–Crippen MR) is 133 cm³/mol. The topological polar surface area (TPSA) is 125 Å². The maximum absolute atomic E-state index is 12.8. The highest BCUT2D eigenvalue weighted by molar-refractivity contribution is 7.89. The Hall–Kier alpha value is -2.75. The second kappa shape index (κ2) is 12.1. The van der Waals surface area contributed by atoms with E-state index in [-0.39, 0.29) is 18.1 Å². The number of hydrogen-bond donors (Lipinski definition) is 4. The molecule has 0 radical (unpaired) electrons. The molecule has 0 saturated carbocycles. The molecule has 1 aliphatic heterocycles. The Labute approximate surface area is 201 Å². The maximum Gasteiger partial charge on any atom is 0.322 e. The van der Waals surface area contributed by atoms with Crippen LogP contribution in [0.15, 0.2) is 48.5 Å². The van der Waals surface area contributed by atoms with E-state index in [9.17, 15) is 23.1 Å². The first-order chi connectivity index (χ1) is 16.3. The maximum atomic E-state index is 12.8. The minimum Gasteiger partial charge on any atom is -0.480 e. The van der Waals surface area contributed by atoms with Crippen LogP contribution in [0.3, 0.4) is 0 Å². The van der Waals surface area contributed by atoms with E-state index in [4.69, 9.17) is 0 Å². The molecule has 1 amide bonds. The Kier molecular flexibility index (Phi) is 9.20. The molecular weight excluding hydrogens is 454 g/mol. The molecule has 8 nitrogen and oxygen atoms in total. The number of rotatable bonds is 11. The number of benzene rings is 2. The van der Waals surface area contributed by atoms with Crippen molar-refractivity contribution in [3.8, 4) is 0 Å². The number of carboxylic acid groups (broad SMARTS) is 1. The van der Waals surface area contributed by atoms with Gasteiger partial charge in [-0.25, -0.2) is 13.1 Å².